The van der Waals surface area contributed by atoms with Crippen LogP contribution >= 0.6 is 24.0 Å². The van der Waals surface area contributed by atoms with Gasteiger partial charge in [0.2, 0.25) is 0 Å². The summed E-state index contributed by atoms with van der Waals surface area (Å²) in [7, 11) is 1.79. The fourth-order valence-electron chi connectivity index (χ4n) is 4.53. The number of hydrogen-bond acceptors (Lipinski definition) is 4. The second-order valence-electron chi connectivity index (χ2n) is 7.65. The van der Waals surface area contributed by atoms with Gasteiger partial charge in [0.05, 0.1) is 6.10 Å². The summed E-state index contributed by atoms with van der Waals surface area (Å²) >= 11 is 0. The highest BCUT2D eigenvalue weighted by Gasteiger charge is 2.56. The third kappa shape index (κ3) is 5.75. The summed E-state index contributed by atoms with van der Waals surface area (Å²) in [6.07, 6.45) is 6.43. The average Bonchev–Trinajstić information content (AvgIpc) is 3.21. The molecule has 1 aromatic carbocycles. The molecule has 7 nitrogen and oxygen atoms in total. The molecule has 0 radical (unpaired) electrons. The summed E-state index contributed by atoms with van der Waals surface area (Å²) < 4.78 is 11.4. The highest BCUT2D eigenvalue weighted by molar-refractivity contribution is 14.0. The zero-order valence-corrected chi connectivity index (χ0v) is 19.6. The molecular formula is C21H33IN4O3. The topological polar surface area (TPSA) is 98.0 Å². The molecule has 4 N–H and O–H groups in total. The minimum absolute atomic E-state index is 0. The van der Waals surface area contributed by atoms with E-state index in [-0.39, 0.29) is 36.0 Å². The van der Waals surface area contributed by atoms with E-state index >= 15 is 0 Å². The number of halogens is 1. The van der Waals surface area contributed by atoms with Crippen LogP contribution in [0.4, 0.5) is 0 Å². The van der Waals surface area contributed by atoms with Crippen LogP contribution in [-0.2, 0) is 16.1 Å². The van der Waals surface area contributed by atoms with Gasteiger partial charge in [0.1, 0.15) is 5.75 Å². The van der Waals surface area contributed by atoms with Gasteiger partial charge in [-0.2, -0.15) is 0 Å². The SMILES string of the molecule is CCOC1CC(NC(=NC)NCc2cccc(OCC(N)=O)c2)C12CCCC2.I. The van der Waals surface area contributed by atoms with Crippen LogP contribution in [0.1, 0.15) is 44.6 Å². The van der Waals surface area contributed by atoms with Crippen molar-refractivity contribution in [1.29, 1.82) is 0 Å². The molecule has 0 aliphatic heterocycles. The van der Waals surface area contributed by atoms with Crippen molar-refractivity contribution < 1.29 is 14.3 Å². The monoisotopic (exact) mass is 516 g/mol. The van der Waals surface area contributed by atoms with E-state index in [4.69, 9.17) is 15.2 Å². The number of nitrogens with one attached hydrogen (secondary N) is 2. The van der Waals surface area contributed by atoms with Gasteiger partial charge in [-0.1, -0.05) is 25.0 Å². The van der Waals surface area contributed by atoms with Crippen LogP contribution in [0.25, 0.3) is 0 Å². The summed E-state index contributed by atoms with van der Waals surface area (Å²) in [6, 6.07) is 8.02. The van der Waals surface area contributed by atoms with Crippen LogP contribution in [0, 0.1) is 5.41 Å². The first kappa shape index (κ1) is 23.7. The molecule has 1 amide bonds. The molecule has 0 saturated heterocycles. The Morgan fingerprint density at radius 3 is 2.76 bits per heavy atom. The minimum atomic E-state index is -0.486. The maximum atomic E-state index is 10.9. The van der Waals surface area contributed by atoms with E-state index in [1.54, 1.807) is 7.05 Å². The van der Waals surface area contributed by atoms with Crippen LogP contribution in [0.3, 0.4) is 0 Å². The Kier molecular flexibility index (Phi) is 9.01. The van der Waals surface area contributed by atoms with E-state index < -0.39 is 5.91 Å². The van der Waals surface area contributed by atoms with Gasteiger partial charge in [-0.3, -0.25) is 9.79 Å². The number of benzene rings is 1. The highest BCUT2D eigenvalue weighted by atomic mass is 127. The summed E-state index contributed by atoms with van der Waals surface area (Å²) in [5.41, 5.74) is 6.43. The molecular weight excluding hydrogens is 483 g/mol. The molecule has 1 aromatic rings. The molecule has 2 aliphatic rings. The van der Waals surface area contributed by atoms with Crippen molar-refractivity contribution in [2.24, 2.45) is 16.1 Å². The van der Waals surface area contributed by atoms with Gasteiger partial charge in [0.25, 0.3) is 5.91 Å². The highest BCUT2D eigenvalue weighted by Crippen LogP contribution is 2.54. The fraction of sp³-hybridized carbons (Fsp3) is 0.619. The zero-order chi connectivity index (χ0) is 20.0. The van der Waals surface area contributed by atoms with Crippen molar-refractivity contribution in [1.82, 2.24) is 10.6 Å². The van der Waals surface area contributed by atoms with Crippen molar-refractivity contribution in [2.45, 2.75) is 57.7 Å². The van der Waals surface area contributed by atoms with Gasteiger partial charge in [-0.25, -0.2) is 0 Å². The number of primary amides is 1. The second-order valence-corrected chi connectivity index (χ2v) is 7.65. The van der Waals surface area contributed by atoms with Crippen LogP contribution in [-0.4, -0.2) is 44.3 Å². The molecule has 3 rings (SSSR count). The maximum Gasteiger partial charge on any atom is 0.255 e. The van der Waals surface area contributed by atoms with Crippen LogP contribution < -0.4 is 21.1 Å². The van der Waals surface area contributed by atoms with Gasteiger partial charge < -0.3 is 25.8 Å². The molecule has 2 unspecified atom stereocenters. The Balaban J connectivity index is 0.00000300. The number of carbonyl (C=O) groups excluding carboxylic acids is 1. The number of carbonyl (C=O) groups is 1. The lowest BCUT2D eigenvalue weighted by atomic mass is 9.60. The standard InChI is InChI=1S/C21H32N4O3.HI/c1-3-27-18-12-17(21(18)9-4-5-10-21)25-20(23-2)24-13-15-7-6-8-16(11-15)28-14-19(22)26;/h6-8,11,17-18H,3-5,9-10,12-14H2,1-2H3,(H2,22,26)(H2,23,24,25);1H. The number of ether oxygens (including phenoxy) is 2. The lowest BCUT2D eigenvalue weighted by Crippen LogP contribution is -2.65. The van der Waals surface area contributed by atoms with E-state index in [9.17, 15) is 4.79 Å². The Bertz CT molecular complexity index is 707. The normalized spacial score (nSPS) is 22.5. The molecule has 2 atom stereocenters. The van der Waals surface area contributed by atoms with Gasteiger partial charge in [0, 0.05) is 31.7 Å². The molecule has 0 bridgehead atoms. The molecule has 2 fully saturated rings. The molecule has 1 spiro atoms. The summed E-state index contributed by atoms with van der Waals surface area (Å²) in [4.78, 5) is 15.3. The smallest absolute Gasteiger partial charge is 0.255 e. The Hall–Kier alpha value is -1.55. The number of aliphatic imine (C=N–C) groups is 1. The van der Waals surface area contributed by atoms with Crippen LogP contribution in [0.2, 0.25) is 0 Å². The fourth-order valence-corrected chi connectivity index (χ4v) is 4.53. The predicted octanol–water partition coefficient (Wildman–Crippen LogP) is 2.57. The predicted molar refractivity (Wildman–Crippen MR) is 125 cm³/mol. The Morgan fingerprint density at radius 1 is 1.34 bits per heavy atom. The first-order valence-corrected chi connectivity index (χ1v) is 10.2. The minimum Gasteiger partial charge on any atom is -0.484 e. The number of nitrogens with two attached hydrogens (primary N) is 1. The van der Waals surface area contributed by atoms with E-state index in [1.807, 2.05) is 24.3 Å². The zero-order valence-electron chi connectivity index (χ0n) is 17.3. The molecule has 0 heterocycles. The Labute approximate surface area is 190 Å². The quantitative estimate of drug-likeness (QED) is 0.281. The maximum absolute atomic E-state index is 10.9. The number of hydrogen-bond donors (Lipinski definition) is 3. The van der Waals surface area contributed by atoms with Crippen LogP contribution in [0.5, 0.6) is 5.75 Å². The van der Waals surface area contributed by atoms with Gasteiger partial charge in [-0.15, -0.1) is 24.0 Å². The third-order valence-electron chi connectivity index (χ3n) is 5.96. The van der Waals surface area contributed by atoms with E-state index in [2.05, 4.69) is 22.5 Å². The molecule has 162 valence electrons. The molecule has 0 aromatic heterocycles. The number of amides is 1. The summed E-state index contributed by atoms with van der Waals surface area (Å²) in [5.74, 6) is 0.944. The first-order chi connectivity index (χ1) is 13.6. The number of rotatable bonds is 8. The van der Waals surface area contributed by atoms with Crippen molar-refractivity contribution in [3.63, 3.8) is 0 Å². The van der Waals surface area contributed by atoms with Gasteiger partial charge >= 0.3 is 0 Å². The summed E-state index contributed by atoms with van der Waals surface area (Å²) in [6.45, 7) is 3.35. The summed E-state index contributed by atoms with van der Waals surface area (Å²) in [5, 5.41) is 7.00. The van der Waals surface area contributed by atoms with Crippen molar-refractivity contribution in [3.8, 4) is 5.75 Å². The van der Waals surface area contributed by atoms with Crippen molar-refractivity contribution in [2.75, 3.05) is 20.3 Å². The van der Waals surface area contributed by atoms with Crippen LogP contribution in [0.15, 0.2) is 29.3 Å². The first-order valence-electron chi connectivity index (χ1n) is 10.2. The molecule has 29 heavy (non-hydrogen) atoms. The van der Waals surface area contributed by atoms with Gasteiger partial charge in [0.15, 0.2) is 12.6 Å². The third-order valence-corrected chi connectivity index (χ3v) is 5.96. The lowest BCUT2D eigenvalue weighted by Gasteiger charge is -2.54. The van der Waals surface area contributed by atoms with E-state index in [0.29, 0.717) is 24.4 Å². The molecule has 2 saturated carbocycles. The van der Waals surface area contributed by atoms with E-state index in [0.717, 1.165) is 24.6 Å². The van der Waals surface area contributed by atoms with Gasteiger partial charge in [-0.05, 0) is 43.9 Å². The average molecular weight is 516 g/mol. The number of guanidine groups is 1. The lowest BCUT2D eigenvalue weighted by molar-refractivity contribution is -0.125. The van der Waals surface area contributed by atoms with E-state index in [1.165, 1.54) is 25.7 Å². The largest absolute Gasteiger partial charge is 0.484 e. The second kappa shape index (κ2) is 11.0. The van der Waals surface area contributed by atoms with Crippen molar-refractivity contribution >= 4 is 35.8 Å². The Morgan fingerprint density at radius 2 is 2.10 bits per heavy atom. The molecule has 8 heteroatoms. The van der Waals surface area contributed by atoms with Crippen molar-refractivity contribution in [3.05, 3.63) is 29.8 Å². The molecule has 2 aliphatic carbocycles. The number of nitrogens with zero attached hydrogens (tertiary/aromatic N) is 1.